The molecular formula is C4H10O4S. The lowest BCUT2D eigenvalue weighted by molar-refractivity contribution is 0.252. The summed E-state index contributed by atoms with van der Waals surface area (Å²) in [5.41, 5.74) is 0. The van der Waals surface area contributed by atoms with Crippen LogP contribution in [0.25, 0.3) is 0 Å². The van der Waals surface area contributed by atoms with Gasteiger partial charge in [-0.05, 0) is 12.8 Å². The van der Waals surface area contributed by atoms with Crippen LogP contribution >= 0.6 is 0 Å². The highest BCUT2D eigenvalue weighted by Crippen LogP contribution is 1.88. The smallest absolute Gasteiger partial charge is 0.301 e. The minimum absolute atomic E-state index is 0.0986. The van der Waals surface area contributed by atoms with Crippen molar-refractivity contribution < 1.29 is 18.1 Å². The van der Waals surface area contributed by atoms with Crippen molar-refractivity contribution in [3.63, 3.8) is 0 Å². The van der Waals surface area contributed by atoms with Crippen LogP contribution in [0, 0.1) is 0 Å². The summed E-state index contributed by atoms with van der Waals surface area (Å²) in [5, 5.41) is 8.24. The van der Waals surface area contributed by atoms with Crippen molar-refractivity contribution in [1.29, 1.82) is 0 Å². The zero-order chi connectivity index (χ0) is 7.11. The Hall–Kier alpha value is 0.0300. The third-order valence-corrected chi connectivity index (χ3v) is 1.10. The summed E-state index contributed by atoms with van der Waals surface area (Å²) in [6, 6.07) is 0. The predicted octanol–water partition coefficient (Wildman–Crippen LogP) is -0.0878. The second-order valence-corrected chi connectivity index (χ2v) is 2.14. The molecule has 0 aliphatic carbocycles. The minimum Gasteiger partial charge on any atom is -0.396 e. The summed E-state index contributed by atoms with van der Waals surface area (Å²) in [6.45, 7) is 0.324. The molecule has 56 valence electrons. The van der Waals surface area contributed by atoms with Gasteiger partial charge in [0.15, 0.2) is 0 Å². The first-order valence-corrected chi connectivity index (χ1v) is 3.65. The van der Waals surface area contributed by atoms with Gasteiger partial charge in [0.2, 0.25) is 0 Å². The summed E-state index contributed by atoms with van der Waals surface area (Å²) in [4.78, 5) is 0. The average molecular weight is 154 g/mol. The van der Waals surface area contributed by atoms with Gasteiger partial charge in [-0.25, -0.2) is 0 Å². The summed E-state index contributed by atoms with van der Waals surface area (Å²) in [7, 11) is 0. The summed E-state index contributed by atoms with van der Waals surface area (Å²) in [5.74, 6) is 0. The van der Waals surface area contributed by atoms with Crippen LogP contribution in [0.2, 0.25) is 0 Å². The Bertz CT molecular complexity index is 84.6. The first-order chi connectivity index (χ1) is 4.27. The topological polar surface area (TPSA) is 66.8 Å². The maximum Gasteiger partial charge on any atom is 0.301 e. The van der Waals surface area contributed by atoms with Crippen LogP contribution in [0.15, 0.2) is 0 Å². The Balaban J connectivity index is 2.83. The predicted molar refractivity (Wildman–Crippen MR) is 33.0 cm³/mol. The Kier molecular flexibility index (Phi) is 6.18. The van der Waals surface area contributed by atoms with Crippen LogP contribution in [0.1, 0.15) is 12.8 Å². The lowest BCUT2D eigenvalue weighted by Crippen LogP contribution is -1.97. The number of rotatable bonds is 5. The van der Waals surface area contributed by atoms with Gasteiger partial charge in [0.25, 0.3) is 0 Å². The van der Waals surface area contributed by atoms with E-state index >= 15 is 0 Å². The zero-order valence-corrected chi connectivity index (χ0v) is 5.76. The fourth-order valence-corrected chi connectivity index (χ4v) is 0.605. The lowest BCUT2D eigenvalue weighted by atomic mass is 10.3. The highest BCUT2D eigenvalue weighted by molar-refractivity contribution is 7.74. The van der Waals surface area contributed by atoms with Gasteiger partial charge in [-0.3, -0.25) is 8.74 Å². The van der Waals surface area contributed by atoms with Crippen LogP contribution in [-0.2, 0) is 15.5 Å². The quantitative estimate of drug-likeness (QED) is 0.429. The van der Waals surface area contributed by atoms with Crippen molar-refractivity contribution in [2.75, 3.05) is 13.2 Å². The number of hydrogen-bond acceptors (Lipinski definition) is 3. The zero-order valence-electron chi connectivity index (χ0n) is 4.95. The third-order valence-electron chi connectivity index (χ3n) is 0.737. The van der Waals surface area contributed by atoms with Gasteiger partial charge in [0.1, 0.15) is 0 Å². The number of unbranched alkanes of at least 4 members (excludes halogenated alkanes) is 1. The van der Waals surface area contributed by atoms with Crippen LogP contribution in [-0.4, -0.2) is 27.1 Å². The second kappa shape index (κ2) is 6.15. The van der Waals surface area contributed by atoms with Gasteiger partial charge in [-0.1, -0.05) is 0 Å². The Morgan fingerprint density at radius 2 is 2.11 bits per heavy atom. The van der Waals surface area contributed by atoms with E-state index in [0.29, 0.717) is 12.8 Å². The first kappa shape index (κ1) is 9.03. The van der Waals surface area contributed by atoms with Crippen molar-refractivity contribution in [2.45, 2.75) is 12.8 Å². The molecule has 5 heteroatoms. The first-order valence-electron chi connectivity index (χ1n) is 2.62. The average Bonchev–Trinajstić information content (AvgIpc) is 1.80. The van der Waals surface area contributed by atoms with E-state index < -0.39 is 11.4 Å². The molecule has 0 fully saturated rings. The Morgan fingerprint density at radius 1 is 1.44 bits per heavy atom. The summed E-state index contributed by atoms with van der Waals surface area (Å²) in [6.07, 6.45) is 1.22. The second-order valence-electron chi connectivity index (χ2n) is 1.47. The highest BCUT2D eigenvalue weighted by Gasteiger charge is 1.91. The van der Waals surface area contributed by atoms with Gasteiger partial charge >= 0.3 is 11.4 Å². The summed E-state index contributed by atoms with van der Waals surface area (Å²) < 4.78 is 22.1. The summed E-state index contributed by atoms with van der Waals surface area (Å²) >= 11 is -2.15. The standard InChI is InChI=1S/C4H10O4S/c5-3-1-2-4-8-9(6)7/h5H,1-4H2,(H,6,7). The van der Waals surface area contributed by atoms with Crippen LogP contribution in [0.3, 0.4) is 0 Å². The van der Waals surface area contributed by atoms with Crippen molar-refractivity contribution >= 4 is 11.4 Å². The molecule has 0 aliphatic heterocycles. The van der Waals surface area contributed by atoms with E-state index in [1.54, 1.807) is 0 Å². The van der Waals surface area contributed by atoms with Crippen molar-refractivity contribution in [3.8, 4) is 0 Å². The van der Waals surface area contributed by atoms with Gasteiger partial charge in [0, 0.05) is 6.61 Å². The van der Waals surface area contributed by atoms with Crippen LogP contribution < -0.4 is 0 Å². The molecule has 0 amide bonds. The fraction of sp³-hybridized carbons (Fsp3) is 1.00. The monoisotopic (exact) mass is 154 g/mol. The molecule has 0 saturated heterocycles. The van der Waals surface area contributed by atoms with E-state index in [0.717, 1.165) is 0 Å². The molecule has 0 aliphatic rings. The molecule has 0 spiro atoms. The molecule has 9 heavy (non-hydrogen) atoms. The Morgan fingerprint density at radius 3 is 2.56 bits per heavy atom. The molecular weight excluding hydrogens is 144 g/mol. The van der Waals surface area contributed by atoms with E-state index in [9.17, 15) is 4.21 Å². The van der Waals surface area contributed by atoms with Crippen molar-refractivity contribution in [3.05, 3.63) is 0 Å². The minimum atomic E-state index is -2.15. The van der Waals surface area contributed by atoms with E-state index in [2.05, 4.69) is 4.18 Å². The molecule has 0 heterocycles. The molecule has 1 atom stereocenters. The van der Waals surface area contributed by atoms with E-state index in [4.69, 9.17) is 9.66 Å². The van der Waals surface area contributed by atoms with E-state index in [1.807, 2.05) is 0 Å². The SMILES string of the molecule is O=S(O)OCCCCO. The molecule has 0 radical (unpaired) electrons. The molecule has 0 rings (SSSR count). The fourth-order valence-electron chi connectivity index (χ4n) is 0.344. The van der Waals surface area contributed by atoms with E-state index in [-0.39, 0.29) is 13.2 Å². The van der Waals surface area contributed by atoms with E-state index in [1.165, 1.54) is 0 Å². The van der Waals surface area contributed by atoms with Gasteiger partial charge in [0.05, 0.1) is 6.61 Å². The molecule has 0 saturated carbocycles. The number of hydrogen-bond donors (Lipinski definition) is 2. The normalized spacial score (nSPS) is 13.6. The molecule has 4 nitrogen and oxygen atoms in total. The lowest BCUT2D eigenvalue weighted by Gasteiger charge is -1.94. The molecule has 0 aromatic rings. The van der Waals surface area contributed by atoms with Crippen molar-refractivity contribution in [1.82, 2.24) is 0 Å². The maximum absolute atomic E-state index is 9.79. The van der Waals surface area contributed by atoms with Crippen LogP contribution in [0.5, 0.6) is 0 Å². The Labute approximate surface area is 56.3 Å². The van der Waals surface area contributed by atoms with Gasteiger partial charge < -0.3 is 5.11 Å². The molecule has 2 N–H and O–H groups in total. The van der Waals surface area contributed by atoms with Crippen molar-refractivity contribution in [2.24, 2.45) is 0 Å². The molecule has 1 unspecified atom stereocenters. The highest BCUT2D eigenvalue weighted by atomic mass is 32.2. The van der Waals surface area contributed by atoms with Gasteiger partial charge in [-0.15, -0.1) is 0 Å². The largest absolute Gasteiger partial charge is 0.396 e. The number of aliphatic hydroxyl groups is 1. The van der Waals surface area contributed by atoms with Crippen LogP contribution in [0.4, 0.5) is 0 Å². The van der Waals surface area contributed by atoms with Gasteiger partial charge in [-0.2, -0.15) is 4.21 Å². The molecule has 0 aromatic carbocycles. The maximum atomic E-state index is 9.79. The third kappa shape index (κ3) is 8.03. The number of aliphatic hydroxyl groups excluding tert-OH is 1. The molecule has 0 bridgehead atoms. The molecule has 0 aromatic heterocycles.